The van der Waals surface area contributed by atoms with Crippen molar-refractivity contribution in [3.8, 4) is 0 Å². The highest BCUT2D eigenvalue weighted by atomic mass is 35.5. The van der Waals surface area contributed by atoms with Crippen LogP contribution in [0.5, 0.6) is 0 Å². The molecule has 0 radical (unpaired) electrons. The summed E-state index contributed by atoms with van der Waals surface area (Å²) in [6.45, 7) is 1.88. The first-order chi connectivity index (χ1) is 11.5. The first kappa shape index (κ1) is 20.2. The van der Waals surface area contributed by atoms with Gasteiger partial charge in [-0.05, 0) is 56.8 Å². The summed E-state index contributed by atoms with van der Waals surface area (Å²) in [7, 11) is -1.61. The first-order valence-corrected chi connectivity index (χ1v) is 10.0. The van der Waals surface area contributed by atoms with Crippen molar-refractivity contribution in [1.29, 1.82) is 0 Å². The van der Waals surface area contributed by atoms with Crippen molar-refractivity contribution >= 4 is 28.3 Å². The SMILES string of the molecule is CNC1CCN(C(=O)c2cccc(S(=O)(=O)NCC3CC3)c2)CC1.Cl. The number of benzene rings is 1. The van der Waals surface area contributed by atoms with E-state index >= 15 is 0 Å². The van der Waals surface area contributed by atoms with Gasteiger partial charge in [-0.1, -0.05) is 6.07 Å². The fourth-order valence-electron chi connectivity index (χ4n) is 2.98. The largest absolute Gasteiger partial charge is 0.339 e. The van der Waals surface area contributed by atoms with Crippen LogP contribution >= 0.6 is 12.4 Å². The number of piperidine rings is 1. The van der Waals surface area contributed by atoms with Crippen LogP contribution in [-0.4, -0.2) is 51.9 Å². The minimum absolute atomic E-state index is 0. The minimum Gasteiger partial charge on any atom is -0.339 e. The molecule has 2 fully saturated rings. The highest BCUT2D eigenvalue weighted by Gasteiger charge is 2.26. The number of carbonyl (C=O) groups is 1. The number of halogens is 1. The van der Waals surface area contributed by atoms with Gasteiger partial charge in [0, 0.05) is 31.2 Å². The summed E-state index contributed by atoms with van der Waals surface area (Å²) in [6.07, 6.45) is 4.01. The molecule has 1 saturated heterocycles. The van der Waals surface area contributed by atoms with Crippen LogP contribution < -0.4 is 10.0 Å². The first-order valence-electron chi connectivity index (χ1n) is 8.56. The Morgan fingerprint density at radius 3 is 2.48 bits per heavy atom. The van der Waals surface area contributed by atoms with Crippen LogP contribution in [0.2, 0.25) is 0 Å². The molecule has 0 atom stereocenters. The number of nitrogens with one attached hydrogen (secondary N) is 2. The Kier molecular flexibility index (Phi) is 6.85. The number of rotatable bonds is 6. The third-order valence-corrected chi connectivity index (χ3v) is 6.26. The van der Waals surface area contributed by atoms with E-state index in [2.05, 4.69) is 10.0 Å². The topological polar surface area (TPSA) is 78.5 Å². The average molecular weight is 388 g/mol. The molecule has 0 aromatic heterocycles. The van der Waals surface area contributed by atoms with Crippen molar-refractivity contribution in [2.45, 2.75) is 36.6 Å². The van der Waals surface area contributed by atoms with E-state index in [9.17, 15) is 13.2 Å². The van der Waals surface area contributed by atoms with Gasteiger partial charge >= 0.3 is 0 Å². The fourth-order valence-corrected chi connectivity index (χ4v) is 4.14. The zero-order valence-corrected chi connectivity index (χ0v) is 16.0. The summed E-state index contributed by atoms with van der Waals surface area (Å²) in [5.74, 6) is 0.377. The molecule has 0 bridgehead atoms. The van der Waals surface area contributed by atoms with Gasteiger partial charge in [-0.3, -0.25) is 4.79 Å². The van der Waals surface area contributed by atoms with E-state index in [0.717, 1.165) is 25.7 Å². The van der Waals surface area contributed by atoms with Gasteiger partial charge in [0.1, 0.15) is 0 Å². The zero-order valence-electron chi connectivity index (χ0n) is 14.4. The normalized spacial score (nSPS) is 18.7. The van der Waals surface area contributed by atoms with Crippen LogP contribution in [-0.2, 0) is 10.0 Å². The van der Waals surface area contributed by atoms with Crippen molar-refractivity contribution in [3.05, 3.63) is 29.8 Å². The maximum atomic E-state index is 12.6. The maximum Gasteiger partial charge on any atom is 0.253 e. The van der Waals surface area contributed by atoms with Crippen LogP contribution in [0.25, 0.3) is 0 Å². The monoisotopic (exact) mass is 387 g/mol. The van der Waals surface area contributed by atoms with Crippen LogP contribution in [0.1, 0.15) is 36.0 Å². The number of carbonyl (C=O) groups excluding carboxylic acids is 1. The van der Waals surface area contributed by atoms with E-state index in [1.807, 2.05) is 7.05 Å². The average Bonchev–Trinajstić information content (AvgIpc) is 3.44. The molecule has 2 N–H and O–H groups in total. The van der Waals surface area contributed by atoms with Crippen molar-refractivity contribution in [2.24, 2.45) is 5.92 Å². The van der Waals surface area contributed by atoms with E-state index in [-0.39, 0.29) is 23.2 Å². The molecule has 140 valence electrons. The van der Waals surface area contributed by atoms with Gasteiger partial charge in [0.05, 0.1) is 4.90 Å². The summed E-state index contributed by atoms with van der Waals surface area (Å²) in [5, 5.41) is 3.23. The highest BCUT2D eigenvalue weighted by Crippen LogP contribution is 2.28. The summed E-state index contributed by atoms with van der Waals surface area (Å²) in [4.78, 5) is 14.6. The fraction of sp³-hybridized carbons (Fsp3) is 0.588. The van der Waals surface area contributed by atoms with E-state index in [4.69, 9.17) is 0 Å². The van der Waals surface area contributed by atoms with Crippen molar-refractivity contribution < 1.29 is 13.2 Å². The summed E-state index contributed by atoms with van der Waals surface area (Å²) < 4.78 is 27.3. The van der Waals surface area contributed by atoms with Gasteiger partial charge in [-0.2, -0.15) is 0 Å². The minimum atomic E-state index is -3.55. The molecular weight excluding hydrogens is 362 g/mol. The number of hydrogen-bond acceptors (Lipinski definition) is 4. The second-order valence-corrected chi connectivity index (χ2v) is 8.45. The second kappa shape index (κ2) is 8.49. The van der Waals surface area contributed by atoms with Gasteiger partial charge in [0.2, 0.25) is 10.0 Å². The lowest BCUT2D eigenvalue weighted by Crippen LogP contribution is -2.44. The Balaban J connectivity index is 0.00000225. The molecule has 1 amide bonds. The molecule has 1 aliphatic carbocycles. The van der Waals surface area contributed by atoms with Gasteiger partial charge in [0.15, 0.2) is 0 Å². The van der Waals surface area contributed by atoms with E-state index in [1.54, 1.807) is 23.1 Å². The third-order valence-electron chi connectivity index (χ3n) is 4.84. The number of sulfonamides is 1. The molecule has 2 aliphatic rings. The predicted octanol–water partition coefficient (Wildman–Crippen LogP) is 1.62. The maximum absolute atomic E-state index is 12.6. The number of nitrogens with zero attached hydrogens (tertiary/aromatic N) is 1. The van der Waals surface area contributed by atoms with Crippen molar-refractivity contribution in [3.63, 3.8) is 0 Å². The molecule has 0 spiro atoms. The highest BCUT2D eigenvalue weighted by molar-refractivity contribution is 7.89. The predicted molar refractivity (Wildman–Crippen MR) is 99.6 cm³/mol. The number of hydrogen-bond donors (Lipinski definition) is 2. The molecule has 1 aliphatic heterocycles. The molecule has 8 heteroatoms. The molecule has 0 unspecified atom stereocenters. The Morgan fingerprint density at radius 2 is 1.88 bits per heavy atom. The lowest BCUT2D eigenvalue weighted by Gasteiger charge is -2.31. The Labute approximate surface area is 155 Å². The molecule has 25 heavy (non-hydrogen) atoms. The molecule has 3 rings (SSSR count). The van der Waals surface area contributed by atoms with Gasteiger partial charge in [0.25, 0.3) is 5.91 Å². The Hall–Kier alpha value is -1.15. The molecule has 1 aromatic rings. The lowest BCUT2D eigenvalue weighted by molar-refractivity contribution is 0.0707. The zero-order chi connectivity index (χ0) is 17.2. The van der Waals surface area contributed by atoms with Crippen LogP contribution in [0.4, 0.5) is 0 Å². The van der Waals surface area contributed by atoms with Crippen LogP contribution in [0, 0.1) is 5.92 Å². The smallest absolute Gasteiger partial charge is 0.253 e. The van der Waals surface area contributed by atoms with Crippen molar-refractivity contribution in [1.82, 2.24) is 14.9 Å². The Bertz CT molecular complexity index is 699. The third kappa shape index (κ3) is 5.17. The van der Waals surface area contributed by atoms with Crippen molar-refractivity contribution in [2.75, 3.05) is 26.7 Å². The second-order valence-electron chi connectivity index (χ2n) is 6.68. The van der Waals surface area contributed by atoms with Gasteiger partial charge < -0.3 is 10.2 Å². The van der Waals surface area contributed by atoms with E-state index < -0.39 is 10.0 Å². The molecular formula is C17H26ClN3O3S. The standard InChI is InChI=1S/C17H25N3O3S.ClH/c1-18-15-7-9-20(10-8-15)17(21)14-3-2-4-16(11-14)24(22,23)19-12-13-5-6-13;/h2-4,11,13,15,18-19H,5-10,12H2,1H3;1H. The molecule has 6 nitrogen and oxygen atoms in total. The van der Waals surface area contributed by atoms with Gasteiger partial charge in [-0.25, -0.2) is 13.1 Å². The quantitative estimate of drug-likeness (QED) is 0.777. The lowest BCUT2D eigenvalue weighted by atomic mass is 10.0. The summed E-state index contributed by atoms with van der Waals surface area (Å²) in [6, 6.07) is 6.81. The van der Waals surface area contributed by atoms with E-state index in [1.165, 1.54) is 6.07 Å². The summed E-state index contributed by atoms with van der Waals surface area (Å²) in [5.41, 5.74) is 0.437. The molecule has 1 heterocycles. The number of likely N-dealkylation sites (tertiary alicyclic amines) is 1. The number of amides is 1. The van der Waals surface area contributed by atoms with Crippen LogP contribution in [0.3, 0.4) is 0 Å². The molecule has 1 aromatic carbocycles. The summed E-state index contributed by atoms with van der Waals surface area (Å²) >= 11 is 0. The van der Waals surface area contributed by atoms with Gasteiger partial charge in [-0.15, -0.1) is 12.4 Å². The molecule has 1 saturated carbocycles. The Morgan fingerprint density at radius 1 is 1.20 bits per heavy atom. The van der Waals surface area contributed by atoms with Crippen LogP contribution in [0.15, 0.2) is 29.2 Å². The van der Waals surface area contributed by atoms with E-state index in [0.29, 0.717) is 37.2 Å².